The number of carboxylic acids is 1. The predicted molar refractivity (Wildman–Crippen MR) is 279 cm³/mol. The van der Waals surface area contributed by atoms with E-state index in [1.54, 1.807) is 0 Å². The molecular weight excluding hydrogens is 839 g/mol. The van der Waals surface area contributed by atoms with E-state index in [0.29, 0.717) is 23.9 Å². The van der Waals surface area contributed by atoms with Gasteiger partial charge in [-0.05, 0) is 70.6 Å². The Balaban J connectivity index is 4.28. The average molecular weight is 946 g/mol. The van der Waals surface area contributed by atoms with E-state index >= 15 is 0 Å². The third kappa shape index (κ3) is 51.2. The summed E-state index contributed by atoms with van der Waals surface area (Å²) in [5.41, 5.74) is 0. The van der Waals surface area contributed by atoms with Crippen molar-refractivity contribution in [2.45, 2.75) is 270 Å². The standard InChI is InChI=1S/C58H107NO8/c1-6-8-10-12-14-16-18-20-22-24-26-28-30-32-34-36-38-40-42-44-46-48-55(60)65-52-54(53-66-58(57(62)63)64-51-50-59(3,4)5)67-56(61)49-47-45-43-41-39-37-35-33-31-29-27-25-23-21-19-17-15-13-11-9-7-2/h19,21,24-27,54,58H,6-18,20,22-23,28-53H2,1-5H3/b21-19-,26-24-,27-25-. The Labute approximate surface area is 413 Å². The number of carbonyl (C=O) groups is 3. The lowest BCUT2D eigenvalue weighted by atomic mass is 10.1. The van der Waals surface area contributed by atoms with Gasteiger partial charge in [-0.1, -0.05) is 211 Å². The Morgan fingerprint density at radius 1 is 0.448 bits per heavy atom. The van der Waals surface area contributed by atoms with Crippen molar-refractivity contribution in [2.75, 3.05) is 47.5 Å². The van der Waals surface area contributed by atoms with Gasteiger partial charge >= 0.3 is 11.9 Å². The number of hydrogen-bond donors (Lipinski definition) is 0. The predicted octanol–water partition coefficient (Wildman–Crippen LogP) is 14.8. The van der Waals surface area contributed by atoms with Gasteiger partial charge < -0.3 is 33.3 Å². The largest absolute Gasteiger partial charge is 0.545 e. The minimum atomic E-state index is -1.62. The third-order valence-electron chi connectivity index (χ3n) is 12.4. The van der Waals surface area contributed by atoms with Crippen LogP contribution >= 0.6 is 0 Å². The normalized spacial score (nSPS) is 13.0. The molecule has 67 heavy (non-hydrogen) atoms. The zero-order chi connectivity index (χ0) is 49.2. The summed E-state index contributed by atoms with van der Waals surface area (Å²) in [7, 11) is 5.92. The summed E-state index contributed by atoms with van der Waals surface area (Å²) in [5.74, 6) is -2.28. The Morgan fingerprint density at radius 2 is 0.806 bits per heavy atom. The van der Waals surface area contributed by atoms with Gasteiger partial charge in [-0.3, -0.25) is 9.59 Å². The second kappa shape index (κ2) is 49.9. The molecule has 0 N–H and O–H groups in total. The lowest BCUT2D eigenvalue weighted by Crippen LogP contribution is -2.44. The number of unbranched alkanes of at least 4 members (excludes halogenated alkanes) is 31. The average Bonchev–Trinajstić information content (AvgIpc) is 3.29. The van der Waals surface area contributed by atoms with Crippen molar-refractivity contribution in [3.8, 4) is 0 Å². The molecule has 0 aliphatic heterocycles. The molecule has 0 heterocycles. The molecule has 0 rings (SSSR count). The first-order chi connectivity index (χ1) is 32.6. The van der Waals surface area contributed by atoms with Crippen molar-refractivity contribution >= 4 is 17.9 Å². The van der Waals surface area contributed by atoms with E-state index in [0.717, 1.165) is 51.4 Å². The number of carboxylic acid groups (broad SMARTS) is 1. The van der Waals surface area contributed by atoms with Gasteiger partial charge in [-0.15, -0.1) is 0 Å². The fraction of sp³-hybridized carbons (Fsp3) is 0.845. The highest BCUT2D eigenvalue weighted by Crippen LogP contribution is 2.16. The van der Waals surface area contributed by atoms with Crippen molar-refractivity contribution in [1.29, 1.82) is 0 Å². The van der Waals surface area contributed by atoms with Gasteiger partial charge in [0.05, 0.1) is 40.3 Å². The van der Waals surface area contributed by atoms with Crippen LogP contribution in [0, 0.1) is 0 Å². The molecule has 0 fully saturated rings. The van der Waals surface area contributed by atoms with E-state index in [9.17, 15) is 19.5 Å². The molecule has 0 bridgehead atoms. The van der Waals surface area contributed by atoms with E-state index in [2.05, 4.69) is 50.3 Å². The fourth-order valence-corrected chi connectivity index (χ4v) is 7.97. The first-order valence-corrected chi connectivity index (χ1v) is 28.1. The fourth-order valence-electron chi connectivity index (χ4n) is 7.97. The van der Waals surface area contributed by atoms with E-state index in [1.165, 1.54) is 173 Å². The van der Waals surface area contributed by atoms with Gasteiger partial charge in [-0.25, -0.2) is 0 Å². The molecule has 0 aliphatic carbocycles. The molecule has 9 heteroatoms. The van der Waals surface area contributed by atoms with Crippen LogP contribution in [0.5, 0.6) is 0 Å². The molecule has 392 valence electrons. The van der Waals surface area contributed by atoms with Crippen molar-refractivity contribution in [1.82, 2.24) is 0 Å². The zero-order valence-corrected chi connectivity index (χ0v) is 44.5. The third-order valence-corrected chi connectivity index (χ3v) is 12.4. The highest BCUT2D eigenvalue weighted by Gasteiger charge is 2.22. The van der Waals surface area contributed by atoms with Crippen LogP contribution in [-0.4, -0.2) is 82.3 Å². The number of quaternary nitrogens is 1. The van der Waals surface area contributed by atoms with Crippen molar-refractivity contribution in [3.63, 3.8) is 0 Å². The monoisotopic (exact) mass is 946 g/mol. The SMILES string of the molecule is CCCCCCC/C=C\C/C=C\CCCCCCCCCCCC(=O)OC(COC(=O)CCCCCCCCCCC/C=C\CCCCCCCCCC)COC(OCC[N+](C)(C)C)C(=O)[O-]. The van der Waals surface area contributed by atoms with Gasteiger partial charge in [0.25, 0.3) is 0 Å². The first kappa shape index (κ1) is 64.5. The van der Waals surface area contributed by atoms with Crippen LogP contribution in [0.3, 0.4) is 0 Å². The number of esters is 2. The van der Waals surface area contributed by atoms with Gasteiger partial charge in [0.1, 0.15) is 13.2 Å². The van der Waals surface area contributed by atoms with Crippen LogP contribution in [0.2, 0.25) is 0 Å². The molecule has 0 aromatic carbocycles. The molecule has 2 atom stereocenters. The number of hydrogen-bond acceptors (Lipinski definition) is 8. The molecule has 0 aromatic heterocycles. The quantitative estimate of drug-likeness (QED) is 0.0195. The number of nitrogens with zero attached hydrogens (tertiary/aromatic N) is 1. The first-order valence-electron chi connectivity index (χ1n) is 28.1. The van der Waals surface area contributed by atoms with Gasteiger partial charge in [-0.2, -0.15) is 0 Å². The number of aliphatic carboxylic acids is 1. The Kier molecular flexibility index (Phi) is 48.1. The van der Waals surface area contributed by atoms with Crippen LogP contribution in [-0.2, 0) is 33.3 Å². The molecule has 2 unspecified atom stereocenters. The Hall–Kier alpha value is -2.49. The minimum Gasteiger partial charge on any atom is -0.545 e. The number of likely N-dealkylation sites (N-methyl/N-ethyl adjacent to an activating group) is 1. The van der Waals surface area contributed by atoms with Crippen LogP contribution in [0.25, 0.3) is 0 Å². The molecule has 0 radical (unpaired) electrons. The molecule has 0 amide bonds. The van der Waals surface area contributed by atoms with Crippen molar-refractivity contribution < 1.29 is 42.9 Å². The molecular formula is C58H107NO8. The lowest BCUT2D eigenvalue weighted by molar-refractivity contribution is -0.870. The van der Waals surface area contributed by atoms with Crippen LogP contribution in [0.15, 0.2) is 36.5 Å². The summed E-state index contributed by atoms with van der Waals surface area (Å²) >= 11 is 0. The highest BCUT2D eigenvalue weighted by molar-refractivity contribution is 5.70. The summed E-state index contributed by atoms with van der Waals surface area (Å²) < 4.78 is 22.7. The summed E-state index contributed by atoms with van der Waals surface area (Å²) in [6.45, 7) is 4.76. The minimum absolute atomic E-state index is 0.147. The van der Waals surface area contributed by atoms with E-state index < -0.39 is 24.3 Å². The highest BCUT2D eigenvalue weighted by atomic mass is 16.7. The number of ether oxygens (including phenoxy) is 4. The maximum absolute atomic E-state index is 12.8. The van der Waals surface area contributed by atoms with E-state index in [1.807, 2.05) is 21.1 Å². The van der Waals surface area contributed by atoms with Gasteiger partial charge in [0.15, 0.2) is 12.4 Å². The number of allylic oxidation sites excluding steroid dienone is 6. The van der Waals surface area contributed by atoms with Gasteiger partial charge in [0, 0.05) is 12.8 Å². The molecule has 0 saturated carbocycles. The second-order valence-corrected chi connectivity index (χ2v) is 20.2. The smallest absolute Gasteiger partial charge is 0.306 e. The van der Waals surface area contributed by atoms with E-state index in [4.69, 9.17) is 18.9 Å². The molecule has 0 spiro atoms. The lowest BCUT2D eigenvalue weighted by Gasteiger charge is -2.26. The number of carbonyl (C=O) groups excluding carboxylic acids is 3. The van der Waals surface area contributed by atoms with Crippen LogP contribution < -0.4 is 5.11 Å². The van der Waals surface area contributed by atoms with Crippen LogP contribution in [0.1, 0.15) is 258 Å². The molecule has 9 nitrogen and oxygen atoms in total. The van der Waals surface area contributed by atoms with Crippen molar-refractivity contribution in [2.24, 2.45) is 0 Å². The second-order valence-electron chi connectivity index (χ2n) is 20.2. The maximum atomic E-state index is 12.8. The van der Waals surface area contributed by atoms with Crippen LogP contribution in [0.4, 0.5) is 0 Å². The number of rotatable bonds is 52. The summed E-state index contributed by atoms with van der Waals surface area (Å²) in [6, 6.07) is 0. The summed E-state index contributed by atoms with van der Waals surface area (Å²) in [5, 5.41) is 11.8. The van der Waals surface area contributed by atoms with Crippen molar-refractivity contribution in [3.05, 3.63) is 36.5 Å². The van der Waals surface area contributed by atoms with E-state index in [-0.39, 0.29) is 32.2 Å². The topological polar surface area (TPSA) is 111 Å². The zero-order valence-electron chi connectivity index (χ0n) is 44.5. The summed E-state index contributed by atoms with van der Waals surface area (Å²) in [6.07, 6.45) is 56.1. The van der Waals surface area contributed by atoms with Gasteiger partial charge in [0.2, 0.25) is 0 Å². The Bertz CT molecular complexity index is 1190. The maximum Gasteiger partial charge on any atom is 0.306 e. The molecule has 0 aromatic rings. The summed E-state index contributed by atoms with van der Waals surface area (Å²) in [4.78, 5) is 37.2. The Morgan fingerprint density at radius 3 is 1.19 bits per heavy atom. The molecule has 0 saturated heterocycles. The molecule has 0 aliphatic rings.